The molecule has 21 heavy (non-hydrogen) atoms. The summed E-state index contributed by atoms with van der Waals surface area (Å²) in [5, 5.41) is 4.10. The van der Waals surface area contributed by atoms with E-state index in [1.807, 2.05) is 0 Å². The first-order chi connectivity index (χ1) is 10.1. The smallest absolute Gasteiger partial charge is 0.224 e. The lowest BCUT2D eigenvalue weighted by Gasteiger charge is -2.10. The predicted octanol–water partition coefficient (Wildman–Crippen LogP) is 2.81. The van der Waals surface area contributed by atoms with Crippen LogP contribution in [-0.2, 0) is 16.0 Å². The van der Waals surface area contributed by atoms with E-state index in [4.69, 9.17) is 9.15 Å². The number of fused-ring (bicyclic) bond motifs is 1. The molecule has 0 spiro atoms. The van der Waals surface area contributed by atoms with Gasteiger partial charge < -0.3 is 14.5 Å². The van der Waals surface area contributed by atoms with Crippen molar-refractivity contribution in [3.8, 4) is 0 Å². The molecule has 1 atom stereocenters. The highest BCUT2D eigenvalue weighted by molar-refractivity contribution is 5.91. The number of hydrogen-bond acceptors (Lipinski definition) is 3. The van der Waals surface area contributed by atoms with Crippen LogP contribution in [0.4, 0.5) is 0 Å². The Morgan fingerprint density at radius 1 is 1.33 bits per heavy atom. The molecule has 1 aromatic carbocycles. The quantitative estimate of drug-likeness (QED) is 0.944. The number of amides is 1. The molecule has 1 fully saturated rings. The minimum atomic E-state index is 0.0332. The highest BCUT2D eigenvalue weighted by Crippen LogP contribution is 2.30. The van der Waals surface area contributed by atoms with Crippen molar-refractivity contribution in [1.29, 1.82) is 0 Å². The third kappa shape index (κ3) is 2.68. The van der Waals surface area contributed by atoms with Gasteiger partial charge in [0, 0.05) is 17.6 Å². The molecule has 3 rings (SSSR count). The molecular formula is C17H21NO3. The van der Waals surface area contributed by atoms with Gasteiger partial charge >= 0.3 is 0 Å². The standard InChI is InChI=1S/C17H21NO3/c1-10-6-11(2)16-13(8-21-17(16)12(10)3)7-15(19)18-14-4-5-20-9-14/h6,8,14H,4-5,7,9H2,1-3H3,(H,18,19)/t14-/m1/s1. The van der Waals surface area contributed by atoms with Gasteiger partial charge in [0.25, 0.3) is 0 Å². The van der Waals surface area contributed by atoms with Crippen molar-refractivity contribution in [2.45, 2.75) is 39.7 Å². The third-order valence-corrected chi connectivity index (χ3v) is 4.27. The molecule has 1 aromatic heterocycles. The number of ether oxygens (including phenoxy) is 1. The molecular weight excluding hydrogens is 266 g/mol. The third-order valence-electron chi connectivity index (χ3n) is 4.27. The summed E-state index contributed by atoms with van der Waals surface area (Å²) in [5.74, 6) is 0.0332. The van der Waals surface area contributed by atoms with Crippen LogP contribution in [0.25, 0.3) is 11.0 Å². The van der Waals surface area contributed by atoms with Crippen LogP contribution in [0.5, 0.6) is 0 Å². The normalized spacial score (nSPS) is 18.3. The average Bonchev–Trinajstić information content (AvgIpc) is 3.06. The minimum absolute atomic E-state index is 0.0332. The van der Waals surface area contributed by atoms with Gasteiger partial charge in [-0.2, -0.15) is 0 Å². The summed E-state index contributed by atoms with van der Waals surface area (Å²) < 4.78 is 11.0. The molecule has 0 aliphatic carbocycles. The maximum Gasteiger partial charge on any atom is 0.224 e. The SMILES string of the molecule is Cc1cc(C)c2c(CC(=O)N[C@@H]3CCOC3)coc2c1C. The van der Waals surface area contributed by atoms with Crippen molar-refractivity contribution < 1.29 is 13.9 Å². The minimum Gasteiger partial charge on any atom is -0.464 e. The number of hydrogen-bond donors (Lipinski definition) is 1. The molecule has 112 valence electrons. The zero-order valence-electron chi connectivity index (χ0n) is 12.8. The molecule has 4 nitrogen and oxygen atoms in total. The maximum absolute atomic E-state index is 12.2. The van der Waals surface area contributed by atoms with Crippen LogP contribution < -0.4 is 5.32 Å². The zero-order chi connectivity index (χ0) is 15.0. The van der Waals surface area contributed by atoms with Gasteiger partial charge in [-0.25, -0.2) is 0 Å². The van der Waals surface area contributed by atoms with Gasteiger partial charge in [0.2, 0.25) is 5.91 Å². The van der Waals surface area contributed by atoms with Crippen molar-refractivity contribution in [2.75, 3.05) is 13.2 Å². The molecule has 2 aromatic rings. The van der Waals surface area contributed by atoms with Gasteiger partial charge in [-0.3, -0.25) is 4.79 Å². The fourth-order valence-corrected chi connectivity index (χ4v) is 3.02. The molecule has 2 heterocycles. The lowest BCUT2D eigenvalue weighted by Crippen LogP contribution is -2.35. The summed E-state index contributed by atoms with van der Waals surface area (Å²) in [5.41, 5.74) is 5.38. The molecule has 4 heteroatoms. The predicted molar refractivity (Wildman–Crippen MR) is 81.5 cm³/mol. The van der Waals surface area contributed by atoms with E-state index in [1.54, 1.807) is 6.26 Å². The fourth-order valence-electron chi connectivity index (χ4n) is 3.02. The Labute approximate surface area is 124 Å². The summed E-state index contributed by atoms with van der Waals surface area (Å²) in [6, 6.07) is 2.31. The van der Waals surface area contributed by atoms with Crippen molar-refractivity contribution >= 4 is 16.9 Å². The highest BCUT2D eigenvalue weighted by Gasteiger charge is 2.20. The van der Waals surface area contributed by atoms with E-state index in [0.29, 0.717) is 13.0 Å². The van der Waals surface area contributed by atoms with Gasteiger partial charge in [-0.05, 0) is 43.9 Å². The number of nitrogens with one attached hydrogen (secondary N) is 1. The molecule has 1 amide bonds. The monoisotopic (exact) mass is 287 g/mol. The number of rotatable bonds is 3. The second kappa shape index (κ2) is 5.53. The summed E-state index contributed by atoms with van der Waals surface area (Å²) in [4.78, 5) is 12.2. The molecule has 0 radical (unpaired) electrons. The van der Waals surface area contributed by atoms with E-state index in [1.165, 1.54) is 5.56 Å². The first-order valence-electron chi connectivity index (χ1n) is 7.40. The molecule has 1 aliphatic heterocycles. The fraction of sp³-hybridized carbons (Fsp3) is 0.471. The first-order valence-corrected chi connectivity index (χ1v) is 7.40. The lowest BCUT2D eigenvalue weighted by molar-refractivity contribution is -0.121. The number of aryl methyl sites for hydroxylation is 3. The maximum atomic E-state index is 12.2. The van der Waals surface area contributed by atoms with E-state index in [-0.39, 0.29) is 11.9 Å². The van der Waals surface area contributed by atoms with E-state index in [0.717, 1.165) is 40.7 Å². The number of furan rings is 1. The second-order valence-corrected chi connectivity index (χ2v) is 5.91. The van der Waals surface area contributed by atoms with Crippen LogP contribution >= 0.6 is 0 Å². The molecule has 1 N–H and O–H groups in total. The van der Waals surface area contributed by atoms with Gasteiger partial charge in [-0.1, -0.05) is 6.07 Å². The molecule has 0 saturated carbocycles. The van der Waals surface area contributed by atoms with Crippen LogP contribution in [0.3, 0.4) is 0 Å². The van der Waals surface area contributed by atoms with Crippen LogP contribution in [0.15, 0.2) is 16.7 Å². The second-order valence-electron chi connectivity index (χ2n) is 5.91. The van der Waals surface area contributed by atoms with Gasteiger partial charge in [-0.15, -0.1) is 0 Å². The largest absolute Gasteiger partial charge is 0.464 e. The van der Waals surface area contributed by atoms with Crippen LogP contribution in [0.1, 0.15) is 28.7 Å². The lowest BCUT2D eigenvalue weighted by atomic mass is 9.99. The number of benzene rings is 1. The van der Waals surface area contributed by atoms with Crippen molar-refractivity contribution in [3.63, 3.8) is 0 Å². The Morgan fingerprint density at radius 2 is 2.14 bits per heavy atom. The van der Waals surface area contributed by atoms with E-state index in [2.05, 4.69) is 32.2 Å². The van der Waals surface area contributed by atoms with Gasteiger partial charge in [0.15, 0.2) is 0 Å². The van der Waals surface area contributed by atoms with Crippen LogP contribution in [0, 0.1) is 20.8 Å². The van der Waals surface area contributed by atoms with Crippen LogP contribution in [-0.4, -0.2) is 25.2 Å². The van der Waals surface area contributed by atoms with Crippen LogP contribution in [0.2, 0.25) is 0 Å². The molecule has 1 saturated heterocycles. The highest BCUT2D eigenvalue weighted by atomic mass is 16.5. The number of carbonyl (C=O) groups excluding carboxylic acids is 1. The zero-order valence-corrected chi connectivity index (χ0v) is 12.8. The Kier molecular flexibility index (Phi) is 3.72. The van der Waals surface area contributed by atoms with Crippen molar-refractivity contribution in [2.24, 2.45) is 0 Å². The summed E-state index contributed by atoms with van der Waals surface area (Å²) in [6.45, 7) is 7.56. The Hall–Kier alpha value is -1.81. The van der Waals surface area contributed by atoms with Crippen molar-refractivity contribution in [1.82, 2.24) is 5.32 Å². The topological polar surface area (TPSA) is 51.5 Å². The van der Waals surface area contributed by atoms with Gasteiger partial charge in [0.05, 0.1) is 25.3 Å². The molecule has 0 bridgehead atoms. The summed E-state index contributed by atoms with van der Waals surface area (Å²) in [7, 11) is 0. The first kappa shape index (κ1) is 14.1. The summed E-state index contributed by atoms with van der Waals surface area (Å²) >= 11 is 0. The van der Waals surface area contributed by atoms with Gasteiger partial charge in [0.1, 0.15) is 5.58 Å². The summed E-state index contributed by atoms with van der Waals surface area (Å²) in [6.07, 6.45) is 2.97. The Morgan fingerprint density at radius 3 is 2.86 bits per heavy atom. The van der Waals surface area contributed by atoms with E-state index < -0.39 is 0 Å². The molecule has 0 unspecified atom stereocenters. The number of carbonyl (C=O) groups is 1. The van der Waals surface area contributed by atoms with E-state index >= 15 is 0 Å². The van der Waals surface area contributed by atoms with E-state index in [9.17, 15) is 4.79 Å². The average molecular weight is 287 g/mol. The molecule has 1 aliphatic rings. The Bertz CT molecular complexity index is 681. The Balaban J connectivity index is 1.84. The van der Waals surface area contributed by atoms with Crippen molar-refractivity contribution in [3.05, 3.63) is 34.6 Å².